The first-order chi connectivity index (χ1) is 8.38. The topological polar surface area (TPSA) is 15.3 Å². The number of nitrogens with zero attached hydrogens (tertiary/aromatic N) is 1. The Bertz CT molecular complexity index is 384. The number of benzene rings is 1. The average Bonchev–Trinajstić information content (AvgIpc) is 3.18. The number of rotatable bonds is 3. The zero-order chi connectivity index (χ0) is 11.7. The molecule has 1 aliphatic heterocycles. The summed E-state index contributed by atoms with van der Waals surface area (Å²) in [6.07, 6.45) is 5.43. The lowest BCUT2D eigenvalue weighted by atomic mass is 10.0. The number of nitrogens with one attached hydrogen (secondary N) is 1. The Kier molecular flexibility index (Phi) is 3.06. The van der Waals surface area contributed by atoms with Gasteiger partial charge < -0.3 is 10.2 Å². The second-order valence-corrected chi connectivity index (χ2v) is 5.43. The summed E-state index contributed by atoms with van der Waals surface area (Å²) < 4.78 is 0. The van der Waals surface area contributed by atoms with E-state index in [0.717, 1.165) is 5.92 Å². The van der Waals surface area contributed by atoms with Crippen molar-refractivity contribution in [1.82, 2.24) is 5.32 Å². The van der Waals surface area contributed by atoms with Gasteiger partial charge in [-0.3, -0.25) is 0 Å². The summed E-state index contributed by atoms with van der Waals surface area (Å²) in [5, 5.41) is 3.46. The van der Waals surface area contributed by atoms with Crippen LogP contribution in [0.4, 0.5) is 5.69 Å². The Morgan fingerprint density at radius 1 is 1.24 bits per heavy atom. The minimum atomic E-state index is 0.537. The van der Waals surface area contributed by atoms with Crippen LogP contribution in [0.15, 0.2) is 24.3 Å². The van der Waals surface area contributed by atoms with Crippen LogP contribution in [-0.2, 0) is 0 Å². The molecule has 1 aromatic carbocycles. The van der Waals surface area contributed by atoms with Gasteiger partial charge in [0.15, 0.2) is 0 Å². The van der Waals surface area contributed by atoms with E-state index in [1.807, 2.05) is 0 Å². The van der Waals surface area contributed by atoms with Crippen LogP contribution in [0.2, 0.25) is 0 Å². The third-order valence-electron chi connectivity index (χ3n) is 4.10. The molecule has 1 N–H and O–H groups in total. The van der Waals surface area contributed by atoms with Crippen molar-refractivity contribution in [3.8, 4) is 0 Å². The lowest BCUT2D eigenvalue weighted by Gasteiger charge is -2.25. The summed E-state index contributed by atoms with van der Waals surface area (Å²) in [6.45, 7) is 2.50. The van der Waals surface area contributed by atoms with E-state index in [4.69, 9.17) is 0 Å². The first-order valence-electron chi connectivity index (χ1n) is 6.89. The maximum atomic E-state index is 3.46. The van der Waals surface area contributed by atoms with Crippen LogP contribution in [-0.4, -0.2) is 20.1 Å². The van der Waals surface area contributed by atoms with Gasteiger partial charge in [0.25, 0.3) is 0 Å². The van der Waals surface area contributed by atoms with E-state index in [1.54, 1.807) is 0 Å². The highest BCUT2D eigenvalue weighted by atomic mass is 15.1. The van der Waals surface area contributed by atoms with Crippen molar-refractivity contribution in [2.45, 2.75) is 31.7 Å². The molecule has 2 aliphatic rings. The molecule has 0 saturated heterocycles. The smallest absolute Gasteiger partial charge is 0.0414 e. The summed E-state index contributed by atoms with van der Waals surface area (Å²) >= 11 is 0. The summed E-state index contributed by atoms with van der Waals surface area (Å²) in [6, 6.07) is 9.48. The van der Waals surface area contributed by atoms with Crippen LogP contribution in [0.1, 0.15) is 37.3 Å². The normalized spacial score (nSPS) is 24.3. The Hall–Kier alpha value is -1.02. The minimum Gasteiger partial charge on any atom is -0.371 e. The summed E-state index contributed by atoms with van der Waals surface area (Å²) in [4.78, 5) is 2.62. The minimum absolute atomic E-state index is 0.537. The molecule has 92 valence electrons. The predicted molar refractivity (Wildman–Crippen MR) is 72.4 cm³/mol. The fourth-order valence-electron chi connectivity index (χ4n) is 2.93. The van der Waals surface area contributed by atoms with Gasteiger partial charge in [-0.05, 0) is 50.3 Å². The van der Waals surface area contributed by atoms with Crippen LogP contribution in [0.5, 0.6) is 0 Å². The summed E-state index contributed by atoms with van der Waals surface area (Å²) in [5.74, 6) is 0.967. The van der Waals surface area contributed by atoms with Gasteiger partial charge >= 0.3 is 0 Å². The van der Waals surface area contributed by atoms with Crippen molar-refractivity contribution in [2.24, 2.45) is 5.92 Å². The van der Waals surface area contributed by atoms with E-state index in [1.165, 1.54) is 50.0 Å². The van der Waals surface area contributed by atoms with Gasteiger partial charge in [-0.15, -0.1) is 0 Å². The molecule has 0 spiro atoms. The van der Waals surface area contributed by atoms with Gasteiger partial charge in [0.05, 0.1) is 0 Å². The van der Waals surface area contributed by atoms with Crippen molar-refractivity contribution >= 4 is 5.69 Å². The third kappa shape index (κ3) is 2.32. The number of para-hydroxylation sites is 1. The zero-order valence-corrected chi connectivity index (χ0v) is 10.7. The molecule has 1 unspecified atom stereocenters. The fraction of sp³-hybridized carbons (Fsp3) is 0.600. The van der Waals surface area contributed by atoms with E-state index < -0.39 is 0 Å². The maximum absolute atomic E-state index is 3.46. The van der Waals surface area contributed by atoms with Crippen molar-refractivity contribution in [3.05, 3.63) is 29.8 Å². The molecule has 1 atom stereocenters. The SMILES string of the molecule is CNC1CCCN(CC2CC2)c2ccccc21. The Balaban J connectivity index is 1.90. The van der Waals surface area contributed by atoms with Crippen molar-refractivity contribution in [1.29, 1.82) is 0 Å². The van der Waals surface area contributed by atoms with Crippen LogP contribution < -0.4 is 10.2 Å². The van der Waals surface area contributed by atoms with Crippen LogP contribution >= 0.6 is 0 Å². The highest BCUT2D eigenvalue weighted by molar-refractivity contribution is 5.56. The first kappa shape index (κ1) is 11.1. The molecule has 0 bridgehead atoms. The first-order valence-corrected chi connectivity index (χ1v) is 6.89. The Labute approximate surface area is 104 Å². The molecule has 2 heteroatoms. The highest BCUT2D eigenvalue weighted by Gasteiger charge is 2.27. The molecule has 1 fully saturated rings. The standard InChI is InChI=1S/C15H22N2/c1-16-14-6-4-10-17(11-12-8-9-12)15-7-3-2-5-13(14)15/h2-3,5,7,12,14,16H,4,6,8-11H2,1H3. The van der Waals surface area contributed by atoms with Crippen LogP contribution in [0.25, 0.3) is 0 Å². The quantitative estimate of drug-likeness (QED) is 0.859. The van der Waals surface area contributed by atoms with Gasteiger partial charge in [-0.2, -0.15) is 0 Å². The molecule has 0 amide bonds. The average molecular weight is 230 g/mol. The Morgan fingerprint density at radius 3 is 2.82 bits per heavy atom. The van der Waals surface area contributed by atoms with Gasteiger partial charge in [0, 0.05) is 24.8 Å². The van der Waals surface area contributed by atoms with Gasteiger partial charge in [0.1, 0.15) is 0 Å². The molecule has 0 aromatic heterocycles. The van der Waals surface area contributed by atoms with E-state index >= 15 is 0 Å². The molecule has 1 saturated carbocycles. The molecule has 0 radical (unpaired) electrons. The third-order valence-corrected chi connectivity index (χ3v) is 4.10. The van der Waals surface area contributed by atoms with Crippen LogP contribution in [0, 0.1) is 5.92 Å². The highest BCUT2D eigenvalue weighted by Crippen LogP contribution is 2.36. The lowest BCUT2D eigenvalue weighted by Crippen LogP contribution is -2.26. The summed E-state index contributed by atoms with van der Waals surface area (Å²) in [5.41, 5.74) is 2.96. The fourth-order valence-corrected chi connectivity index (χ4v) is 2.93. The second kappa shape index (κ2) is 4.69. The zero-order valence-electron chi connectivity index (χ0n) is 10.7. The Morgan fingerprint density at radius 2 is 2.06 bits per heavy atom. The monoisotopic (exact) mass is 230 g/mol. The van der Waals surface area contributed by atoms with E-state index in [-0.39, 0.29) is 0 Å². The maximum Gasteiger partial charge on any atom is 0.0414 e. The van der Waals surface area contributed by atoms with Crippen molar-refractivity contribution in [3.63, 3.8) is 0 Å². The number of anilines is 1. The number of fused-ring (bicyclic) bond motifs is 1. The van der Waals surface area contributed by atoms with Gasteiger partial charge in [-0.1, -0.05) is 18.2 Å². The molecule has 1 aromatic rings. The second-order valence-electron chi connectivity index (χ2n) is 5.43. The predicted octanol–water partition coefficient (Wildman–Crippen LogP) is 2.96. The number of hydrogen-bond acceptors (Lipinski definition) is 2. The summed E-state index contributed by atoms with van der Waals surface area (Å²) in [7, 11) is 2.08. The lowest BCUT2D eigenvalue weighted by molar-refractivity contribution is 0.540. The molecule has 17 heavy (non-hydrogen) atoms. The van der Waals surface area contributed by atoms with Crippen LogP contribution in [0.3, 0.4) is 0 Å². The van der Waals surface area contributed by atoms with Gasteiger partial charge in [0.2, 0.25) is 0 Å². The van der Waals surface area contributed by atoms with E-state index in [0.29, 0.717) is 6.04 Å². The van der Waals surface area contributed by atoms with E-state index in [2.05, 4.69) is 41.5 Å². The largest absolute Gasteiger partial charge is 0.371 e. The van der Waals surface area contributed by atoms with Crippen molar-refractivity contribution in [2.75, 3.05) is 25.0 Å². The molecular formula is C15H22N2. The van der Waals surface area contributed by atoms with E-state index in [9.17, 15) is 0 Å². The molecule has 3 rings (SSSR count). The molecule has 1 aliphatic carbocycles. The molecular weight excluding hydrogens is 208 g/mol. The van der Waals surface area contributed by atoms with Crippen molar-refractivity contribution < 1.29 is 0 Å². The molecule has 1 heterocycles. The molecule has 2 nitrogen and oxygen atoms in total. The van der Waals surface area contributed by atoms with Gasteiger partial charge in [-0.25, -0.2) is 0 Å². The number of hydrogen-bond donors (Lipinski definition) is 1.